The highest BCUT2D eigenvalue weighted by Gasteiger charge is 2.15. The van der Waals surface area contributed by atoms with Gasteiger partial charge < -0.3 is 10.3 Å². The molecule has 0 bridgehead atoms. The second-order valence-corrected chi connectivity index (χ2v) is 9.23. The van der Waals surface area contributed by atoms with E-state index in [1.165, 1.54) is 24.7 Å². The first-order chi connectivity index (χ1) is 12.6. The SMILES string of the molecule is Cc1cc(=O)[nH]c(-c2cccc(NC(=O)CCCCC3CCSS3)c2)n1. The van der Waals surface area contributed by atoms with E-state index in [-0.39, 0.29) is 11.5 Å². The Hall–Kier alpha value is -1.73. The maximum Gasteiger partial charge on any atom is 0.251 e. The number of carbonyl (C=O) groups is 1. The van der Waals surface area contributed by atoms with Gasteiger partial charge in [0.1, 0.15) is 5.82 Å². The Morgan fingerprint density at radius 3 is 3.00 bits per heavy atom. The van der Waals surface area contributed by atoms with Crippen LogP contribution >= 0.6 is 21.6 Å². The summed E-state index contributed by atoms with van der Waals surface area (Å²) >= 11 is 0. The van der Waals surface area contributed by atoms with Gasteiger partial charge in [0, 0.05) is 40.4 Å². The van der Waals surface area contributed by atoms with Crippen molar-refractivity contribution >= 4 is 33.2 Å². The molecule has 138 valence electrons. The average molecular weight is 390 g/mol. The quantitative estimate of drug-likeness (QED) is 0.542. The van der Waals surface area contributed by atoms with E-state index in [4.69, 9.17) is 0 Å². The van der Waals surface area contributed by atoms with Gasteiger partial charge in [-0.1, -0.05) is 40.1 Å². The number of aromatic amines is 1. The van der Waals surface area contributed by atoms with Gasteiger partial charge in [0.15, 0.2) is 0 Å². The van der Waals surface area contributed by atoms with Crippen LogP contribution in [0.15, 0.2) is 35.1 Å². The summed E-state index contributed by atoms with van der Waals surface area (Å²) in [5, 5.41) is 3.71. The minimum Gasteiger partial charge on any atom is -0.326 e. The second kappa shape index (κ2) is 9.28. The molecule has 1 fully saturated rings. The molecule has 3 rings (SSSR count). The Balaban J connectivity index is 1.52. The number of aromatic nitrogens is 2. The van der Waals surface area contributed by atoms with Gasteiger partial charge in [-0.15, -0.1) is 0 Å². The van der Waals surface area contributed by atoms with Crippen molar-refractivity contribution < 1.29 is 4.79 Å². The van der Waals surface area contributed by atoms with Crippen LogP contribution in [0.2, 0.25) is 0 Å². The number of nitrogens with one attached hydrogen (secondary N) is 2. The van der Waals surface area contributed by atoms with Crippen LogP contribution in [0.5, 0.6) is 0 Å². The highest BCUT2D eigenvalue weighted by atomic mass is 33.1. The van der Waals surface area contributed by atoms with Crippen LogP contribution in [-0.4, -0.2) is 26.9 Å². The van der Waals surface area contributed by atoms with Crippen LogP contribution in [0.1, 0.15) is 37.8 Å². The summed E-state index contributed by atoms with van der Waals surface area (Å²) in [7, 11) is 3.95. The summed E-state index contributed by atoms with van der Waals surface area (Å²) in [5.41, 5.74) is 1.98. The van der Waals surface area contributed by atoms with Crippen molar-refractivity contribution in [2.75, 3.05) is 11.1 Å². The Morgan fingerprint density at radius 1 is 1.35 bits per heavy atom. The molecule has 1 unspecified atom stereocenters. The lowest BCUT2D eigenvalue weighted by molar-refractivity contribution is -0.116. The normalized spacial score (nSPS) is 16.6. The molecule has 2 N–H and O–H groups in total. The Morgan fingerprint density at radius 2 is 2.23 bits per heavy atom. The number of aryl methyl sites for hydroxylation is 1. The molecular weight excluding hydrogens is 366 g/mol. The standard InChI is InChI=1S/C19H23N3O2S2/c1-13-11-18(24)22-19(20-13)14-5-4-6-15(12-14)21-17(23)8-3-2-7-16-9-10-25-26-16/h4-6,11-12,16H,2-3,7-10H2,1H3,(H,21,23)(H,20,22,24). The summed E-state index contributed by atoms with van der Waals surface area (Å²) in [5.74, 6) is 1.80. The Labute approximate surface area is 161 Å². The lowest BCUT2D eigenvalue weighted by atomic mass is 10.1. The average Bonchev–Trinajstić information content (AvgIpc) is 3.11. The molecule has 1 aromatic heterocycles. The van der Waals surface area contributed by atoms with E-state index in [0.29, 0.717) is 17.9 Å². The molecule has 2 heterocycles. The van der Waals surface area contributed by atoms with E-state index >= 15 is 0 Å². The fourth-order valence-corrected chi connectivity index (χ4v) is 5.93. The predicted molar refractivity (Wildman–Crippen MR) is 111 cm³/mol. The molecule has 5 nitrogen and oxygen atoms in total. The van der Waals surface area contributed by atoms with Gasteiger partial charge in [-0.05, 0) is 38.3 Å². The van der Waals surface area contributed by atoms with Crippen LogP contribution in [-0.2, 0) is 4.79 Å². The van der Waals surface area contributed by atoms with Crippen molar-refractivity contribution in [2.45, 2.75) is 44.3 Å². The Bertz CT molecular complexity index is 816. The highest BCUT2D eigenvalue weighted by Crippen LogP contribution is 2.39. The molecule has 0 aliphatic carbocycles. The van der Waals surface area contributed by atoms with Crippen molar-refractivity contribution in [2.24, 2.45) is 0 Å². The number of hydrogen-bond acceptors (Lipinski definition) is 5. The third-order valence-corrected chi connectivity index (χ3v) is 7.20. The third-order valence-electron chi connectivity index (χ3n) is 4.20. The van der Waals surface area contributed by atoms with Gasteiger partial charge in [-0.2, -0.15) is 0 Å². The topological polar surface area (TPSA) is 74.8 Å². The maximum absolute atomic E-state index is 12.2. The van der Waals surface area contributed by atoms with E-state index in [1.54, 1.807) is 6.92 Å². The molecule has 1 saturated heterocycles. The molecular formula is C19H23N3O2S2. The zero-order chi connectivity index (χ0) is 18.4. The number of rotatable bonds is 7. The molecule has 1 atom stereocenters. The summed E-state index contributed by atoms with van der Waals surface area (Å²) < 4.78 is 0. The number of hydrogen-bond donors (Lipinski definition) is 2. The van der Waals surface area contributed by atoms with E-state index in [0.717, 1.165) is 29.3 Å². The molecule has 26 heavy (non-hydrogen) atoms. The minimum absolute atomic E-state index is 0.0290. The van der Waals surface area contributed by atoms with Crippen LogP contribution in [0.4, 0.5) is 5.69 Å². The van der Waals surface area contributed by atoms with Gasteiger partial charge in [0.2, 0.25) is 5.91 Å². The monoisotopic (exact) mass is 389 g/mol. The third kappa shape index (κ3) is 5.64. The molecule has 0 saturated carbocycles. The van der Waals surface area contributed by atoms with Crippen LogP contribution in [0.25, 0.3) is 11.4 Å². The van der Waals surface area contributed by atoms with E-state index in [1.807, 2.05) is 45.9 Å². The molecule has 2 aromatic rings. The fraction of sp³-hybridized carbons (Fsp3) is 0.421. The van der Waals surface area contributed by atoms with Crippen LogP contribution < -0.4 is 10.9 Å². The lowest BCUT2D eigenvalue weighted by Gasteiger charge is -2.09. The van der Waals surface area contributed by atoms with Gasteiger partial charge in [-0.25, -0.2) is 4.98 Å². The minimum atomic E-state index is -0.180. The number of unbranched alkanes of at least 4 members (excludes halogenated alkanes) is 1. The zero-order valence-electron chi connectivity index (χ0n) is 14.8. The highest BCUT2D eigenvalue weighted by molar-refractivity contribution is 8.77. The van der Waals surface area contributed by atoms with Crippen molar-refractivity contribution in [1.29, 1.82) is 0 Å². The number of nitrogens with zero attached hydrogens (tertiary/aromatic N) is 1. The van der Waals surface area contributed by atoms with Crippen LogP contribution in [0, 0.1) is 6.92 Å². The Kier molecular flexibility index (Phi) is 6.80. The molecule has 1 aliphatic heterocycles. The predicted octanol–water partition coefficient (Wildman–Crippen LogP) is 4.40. The number of benzene rings is 1. The number of anilines is 1. The first-order valence-corrected chi connectivity index (χ1v) is 11.2. The van der Waals surface area contributed by atoms with Crippen molar-refractivity contribution in [3.05, 3.63) is 46.4 Å². The molecule has 0 radical (unpaired) electrons. The smallest absolute Gasteiger partial charge is 0.251 e. The maximum atomic E-state index is 12.2. The molecule has 1 aromatic carbocycles. The first-order valence-electron chi connectivity index (χ1n) is 8.87. The fourth-order valence-electron chi connectivity index (χ4n) is 2.91. The van der Waals surface area contributed by atoms with Crippen molar-refractivity contribution in [1.82, 2.24) is 9.97 Å². The van der Waals surface area contributed by atoms with Crippen molar-refractivity contribution in [3.8, 4) is 11.4 Å². The van der Waals surface area contributed by atoms with Gasteiger partial charge in [-0.3, -0.25) is 9.59 Å². The van der Waals surface area contributed by atoms with Gasteiger partial charge in [0.25, 0.3) is 5.56 Å². The second-order valence-electron chi connectivity index (χ2n) is 6.44. The molecule has 0 spiro atoms. The molecule has 1 amide bonds. The molecule has 1 aliphatic rings. The van der Waals surface area contributed by atoms with E-state index in [9.17, 15) is 9.59 Å². The number of carbonyl (C=O) groups excluding carboxylic acids is 1. The lowest BCUT2D eigenvalue weighted by Crippen LogP contribution is -2.12. The first kappa shape index (κ1) is 19.0. The van der Waals surface area contributed by atoms with E-state index in [2.05, 4.69) is 15.3 Å². The van der Waals surface area contributed by atoms with Crippen LogP contribution in [0.3, 0.4) is 0 Å². The number of amides is 1. The number of H-pyrrole nitrogens is 1. The van der Waals surface area contributed by atoms with Gasteiger partial charge >= 0.3 is 0 Å². The van der Waals surface area contributed by atoms with Crippen molar-refractivity contribution in [3.63, 3.8) is 0 Å². The summed E-state index contributed by atoms with van der Waals surface area (Å²) in [6, 6.07) is 8.86. The summed E-state index contributed by atoms with van der Waals surface area (Å²) in [6.45, 7) is 1.78. The zero-order valence-corrected chi connectivity index (χ0v) is 16.4. The summed E-state index contributed by atoms with van der Waals surface area (Å²) in [4.78, 5) is 30.9. The summed E-state index contributed by atoms with van der Waals surface area (Å²) in [6.07, 6.45) is 5.05. The molecule has 7 heteroatoms. The van der Waals surface area contributed by atoms with E-state index < -0.39 is 0 Å². The van der Waals surface area contributed by atoms with Gasteiger partial charge in [0.05, 0.1) is 0 Å². The largest absolute Gasteiger partial charge is 0.326 e.